The van der Waals surface area contributed by atoms with E-state index < -0.39 is 0 Å². The topological polar surface area (TPSA) is 78.7 Å². The Labute approximate surface area is 130 Å². The van der Waals surface area contributed by atoms with Gasteiger partial charge in [-0.05, 0) is 6.07 Å². The highest BCUT2D eigenvalue weighted by molar-refractivity contribution is 5.56. The molecule has 118 valence electrons. The second-order valence-electron chi connectivity index (χ2n) is 4.65. The van der Waals surface area contributed by atoms with Gasteiger partial charge in [-0.2, -0.15) is 0 Å². The van der Waals surface area contributed by atoms with Crippen molar-refractivity contribution >= 4 is 5.82 Å². The standard InChI is InChI=1S/C16H21N3O3/c20-10-8-19(9-12-22-13-11-21)15-6-7-17-16(18-15)14-4-2-1-3-5-14/h1-7,20-21H,8-13H2. The fourth-order valence-corrected chi connectivity index (χ4v) is 2.05. The largest absolute Gasteiger partial charge is 0.395 e. The SMILES string of the molecule is OCCOCCN(CCO)c1ccnc(-c2ccccc2)n1. The monoisotopic (exact) mass is 303 g/mol. The summed E-state index contributed by atoms with van der Waals surface area (Å²) in [6.45, 7) is 1.87. The Morgan fingerprint density at radius 3 is 2.50 bits per heavy atom. The van der Waals surface area contributed by atoms with Crippen LogP contribution in [0.5, 0.6) is 0 Å². The highest BCUT2D eigenvalue weighted by atomic mass is 16.5. The number of aliphatic hydroxyl groups excluding tert-OH is 2. The van der Waals surface area contributed by atoms with Crippen LogP contribution >= 0.6 is 0 Å². The number of anilines is 1. The third-order valence-electron chi connectivity index (χ3n) is 3.11. The molecule has 0 spiro atoms. The van der Waals surface area contributed by atoms with E-state index in [1.165, 1.54) is 0 Å². The summed E-state index contributed by atoms with van der Waals surface area (Å²) in [5, 5.41) is 17.9. The van der Waals surface area contributed by atoms with E-state index in [4.69, 9.17) is 9.84 Å². The van der Waals surface area contributed by atoms with E-state index in [2.05, 4.69) is 9.97 Å². The van der Waals surface area contributed by atoms with Crippen molar-refractivity contribution < 1.29 is 14.9 Å². The molecule has 2 rings (SSSR count). The molecule has 0 saturated carbocycles. The van der Waals surface area contributed by atoms with E-state index >= 15 is 0 Å². The van der Waals surface area contributed by atoms with Gasteiger partial charge in [-0.25, -0.2) is 9.97 Å². The number of nitrogens with zero attached hydrogens (tertiary/aromatic N) is 3. The first kappa shape index (κ1) is 16.4. The van der Waals surface area contributed by atoms with Crippen molar-refractivity contribution in [3.05, 3.63) is 42.6 Å². The molecular formula is C16H21N3O3. The van der Waals surface area contributed by atoms with Crippen LogP contribution < -0.4 is 4.90 Å². The first-order valence-electron chi connectivity index (χ1n) is 7.28. The van der Waals surface area contributed by atoms with Crippen molar-refractivity contribution in [2.24, 2.45) is 0 Å². The summed E-state index contributed by atoms with van der Waals surface area (Å²) in [6, 6.07) is 11.6. The Bertz CT molecular complexity index is 551. The molecular weight excluding hydrogens is 282 g/mol. The average Bonchev–Trinajstić information content (AvgIpc) is 2.58. The van der Waals surface area contributed by atoms with Crippen LogP contribution in [0.15, 0.2) is 42.6 Å². The number of benzene rings is 1. The lowest BCUT2D eigenvalue weighted by atomic mass is 10.2. The predicted molar refractivity (Wildman–Crippen MR) is 84.7 cm³/mol. The number of hydrogen-bond acceptors (Lipinski definition) is 6. The quantitative estimate of drug-likeness (QED) is 0.672. The number of hydrogen-bond donors (Lipinski definition) is 2. The van der Waals surface area contributed by atoms with Crippen LogP contribution in [0.1, 0.15) is 0 Å². The summed E-state index contributed by atoms with van der Waals surface area (Å²) < 4.78 is 5.28. The maximum absolute atomic E-state index is 9.22. The van der Waals surface area contributed by atoms with Gasteiger partial charge >= 0.3 is 0 Å². The highest BCUT2D eigenvalue weighted by Crippen LogP contribution is 2.17. The highest BCUT2D eigenvalue weighted by Gasteiger charge is 2.09. The minimum Gasteiger partial charge on any atom is -0.395 e. The molecule has 6 nitrogen and oxygen atoms in total. The van der Waals surface area contributed by atoms with Crippen molar-refractivity contribution in [3.63, 3.8) is 0 Å². The average molecular weight is 303 g/mol. The van der Waals surface area contributed by atoms with Crippen molar-refractivity contribution in [3.8, 4) is 11.4 Å². The van der Waals surface area contributed by atoms with Crippen LogP contribution in [0.25, 0.3) is 11.4 Å². The molecule has 0 unspecified atom stereocenters. The number of rotatable bonds is 9. The van der Waals surface area contributed by atoms with Crippen molar-refractivity contribution in [1.82, 2.24) is 9.97 Å². The molecule has 2 aromatic rings. The minimum atomic E-state index is 0.00562. The van der Waals surface area contributed by atoms with Crippen LogP contribution in [0.2, 0.25) is 0 Å². The summed E-state index contributed by atoms with van der Waals surface area (Å²) in [7, 11) is 0. The maximum Gasteiger partial charge on any atom is 0.161 e. The van der Waals surface area contributed by atoms with Gasteiger partial charge in [0, 0.05) is 24.8 Å². The zero-order valence-corrected chi connectivity index (χ0v) is 12.4. The van der Waals surface area contributed by atoms with Crippen LogP contribution in [0.4, 0.5) is 5.82 Å². The molecule has 0 fully saturated rings. The second kappa shape index (κ2) is 9.09. The summed E-state index contributed by atoms with van der Waals surface area (Å²) in [6.07, 6.45) is 1.71. The van der Waals surface area contributed by atoms with Crippen LogP contribution in [0, 0.1) is 0 Å². The predicted octanol–water partition coefficient (Wildman–Crippen LogP) is 0.951. The van der Waals surface area contributed by atoms with Crippen molar-refractivity contribution in [2.45, 2.75) is 0 Å². The van der Waals surface area contributed by atoms with E-state index in [0.717, 1.165) is 11.4 Å². The summed E-state index contributed by atoms with van der Waals surface area (Å²) in [4.78, 5) is 10.8. The van der Waals surface area contributed by atoms with Gasteiger partial charge in [0.15, 0.2) is 5.82 Å². The number of aromatic nitrogens is 2. The zero-order chi connectivity index (χ0) is 15.6. The Kier molecular flexibility index (Phi) is 6.76. The lowest BCUT2D eigenvalue weighted by Gasteiger charge is -2.22. The van der Waals surface area contributed by atoms with Gasteiger partial charge in [0.25, 0.3) is 0 Å². The molecule has 0 bridgehead atoms. The summed E-state index contributed by atoms with van der Waals surface area (Å²) in [5.41, 5.74) is 0.949. The van der Waals surface area contributed by atoms with Crippen LogP contribution in [-0.2, 0) is 4.74 Å². The third-order valence-corrected chi connectivity index (χ3v) is 3.11. The molecule has 0 aliphatic carbocycles. The van der Waals surface area contributed by atoms with Gasteiger partial charge in [-0.1, -0.05) is 30.3 Å². The Balaban J connectivity index is 2.10. The molecule has 0 saturated heterocycles. The second-order valence-corrected chi connectivity index (χ2v) is 4.65. The first-order valence-corrected chi connectivity index (χ1v) is 7.28. The van der Waals surface area contributed by atoms with Crippen molar-refractivity contribution in [2.75, 3.05) is 44.4 Å². The number of ether oxygens (including phenoxy) is 1. The molecule has 1 aromatic heterocycles. The smallest absolute Gasteiger partial charge is 0.161 e. The first-order chi connectivity index (χ1) is 10.8. The van der Waals surface area contributed by atoms with Gasteiger partial charge in [-0.15, -0.1) is 0 Å². The molecule has 0 aliphatic rings. The third kappa shape index (κ3) is 4.77. The Morgan fingerprint density at radius 1 is 0.955 bits per heavy atom. The molecule has 1 aromatic carbocycles. The zero-order valence-electron chi connectivity index (χ0n) is 12.4. The van der Waals surface area contributed by atoms with Crippen LogP contribution in [-0.4, -0.2) is 59.7 Å². The van der Waals surface area contributed by atoms with Crippen molar-refractivity contribution in [1.29, 1.82) is 0 Å². The van der Waals surface area contributed by atoms with E-state index in [-0.39, 0.29) is 13.2 Å². The lowest BCUT2D eigenvalue weighted by Crippen LogP contribution is -2.31. The van der Waals surface area contributed by atoms with Gasteiger partial charge < -0.3 is 19.8 Å². The fourth-order valence-electron chi connectivity index (χ4n) is 2.05. The molecule has 2 N–H and O–H groups in total. The lowest BCUT2D eigenvalue weighted by molar-refractivity contribution is 0.0962. The molecule has 0 amide bonds. The van der Waals surface area contributed by atoms with E-state index in [9.17, 15) is 5.11 Å². The van der Waals surface area contributed by atoms with Gasteiger partial charge in [0.2, 0.25) is 0 Å². The van der Waals surface area contributed by atoms with E-state index in [0.29, 0.717) is 32.1 Å². The normalized spacial score (nSPS) is 10.6. The molecule has 1 heterocycles. The van der Waals surface area contributed by atoms with Crippen LogP contribution in [0.3, 0.4) is 0 Å². The van der Waals surface area contributed by atoms with Gasteiger partial charge in [0.05, 0.1) is 26.4 Å². The molecule has 6 heteroatoms. The summed E-state index contributed by atoms with van der Waals surface area (Å²) in [5.74, 6) is 1.40. The van der Waals surface area contributed by atoms with E-state index in [1.807, 2.05) is 41.3 Å². The Morgan fingerprint density at radius 2 is 1.77 bits per heavy atom. The fraction of sp³-hybridized carbons (Fsp3) is 0.375. The van der Waals surface area contributed by atoms with E-state index in [1.54, 1.807) is 6.20 Å². The summed E-state index contributed by atoms with van der Waals surface area (Å²) >= 11 is 0. The van der Waals surface area contributed by atoms with Gasteiger partial charge in [-0.3, -0.25) is 0 Å². The van der Waals surface area contributed by atoms with Gasteiger partial charge in [0.1, 0.15) is 5.82 Å². The Hall–Kier alpha value is -2.02. The molecule has 0 aliphatic heterocycles. The molecule has 22 heavy (non-hydrogen) atoms. The molecule has 0 radical (unpaired) electrons. The minimum absolute atomic E-state index is 0.00562. The molecule has 0 atom stereocenters. The number of aliphatic hydroxyl groups is 2. The maximum atomic E-state index is 9.22.